The molecule has 6 rings (SSSR count). The third-order valence-corrected chi connectivity index (χ3v) is 7.22. The highest BCUT2D eigenvalue weighted by atomic mass is 32.2. The lowest BCUT2D eigenvalue weighted by molar-refractivity contribution is -0.130. The number of hydrogen-bond donors (Lipinski definition) is 0. The molecule has 1 amide bonds. The Hall–Kier alpha value is -3.65. The number of ether oxygens (including phenoxy) is 1. The number of hydrogen-bond acceptors (Lipinski definition) is 7. The van der Waals surface area contributed by atoms with Crippen LogP contribution in [-0.4, -0.2) is 39.7 Å². The highest BCUT2D eigenvalue weighted by molar-refractivity contribution is 7.99. The van der Waals surface area contributed by atoms with Crippen LogP contribution in [0.1, 0.15) is 48.2 Å². The lowest BCUT2D eigenvalue weighted by Gasteiger charge is -2.22. The minimum absolute atomic E-state index is 0.0993. The quantitative estimate of drug-likeness (QED) is 0.319. The van der Waals surface area contributed by atoms with Crippen LogP contribution in [0.4, 0.5) is 0 Å². The molecule has 35 heavy (non-hydrogen) atoms. The molecule has 1 aromatic heterocycles. The van der Waals surface area contributed by atoms with Gasteiger partial charge in [-0.1, -0.05) is 60.3 Å². The Labute approximate surface area is 207 Å². The fourth-order valence-corrected chi connectivity index (χ4v) is 4.95. The van der Waals surface area contributed by atoms with E-state index in [1.165, 1.54) is 17.1 Å². The summed E-state index contributed by atoms with van der Waals surface area (Å²) in [6, 6.07) is 22.2. The maximum absolute atomic E-state index is 13.4. The van der Waals surface area contributed by atoms with Gasteiger partial charge in [0.1, 0.15) is 5.75 Å². The minimum atomic E-state index is -0.194. The van der Waals surface area contributed by atoms with Gasteiger partial charge in [0.05, 0.1) is 24.6 Å². The van der Waals surface area contributed by atoms with Gasteiger partial charge in [-0.05, 0) is 52.9 Å². The summed E-state index contributed by atoms with van der Waals surface area (Å²) >= 11 is 1.26. The standard InChI is InChI=1S/C27H24N4O3S/c1-33-22-12-10-18(11-13-22)24-15-23(21-9-6-17-4-2-3-5-20(17)14-21)30-31(24)25(32)16-35-27-29-28-26(34-27)19-7-8-19/h2-6,9-14,19,24H,7-8,15-16H2,1H3/t24-/m1/s1. The van der Waals surface area contributed by atoms with Gasteiger partial charge >= 0.3 is 0 Å². The van der Waals surface area contributed by atoms with Gasteiger partial charge in [0.15, 0.2) is 0 Å². The molecule has 0 radical (unpaired) electrons. The lowest BCUT2D eigenvalue weighted by Crippen LogP contribution is -2.28. The van der Waals surface area contributed by atoms with Gasteiger partial charge in [0.25, 0.3) is 11.1 Å². The molecule has 0 N–H and O–H groups in total. The summed E-state index contributed by atoms with van der Waals surface area (Å²) < 4.78 is 11.0. The normalized spacial score (nSPS) is 17.6. The summed E-state index contributed by atoms with van der Waals surface area (Å²) in [6.45, 7) is 0. The first-order chi connectivity index (χ1) is 17.2. The van der Waals surface area contributed by atoms with Crippen LogP contribution in [0.3, 0.4) is 0 Å². The SMILES string of the molecule is COc1ccc([C@H]2CC(c3ccc4ccccc4c3)=NN2C(=O)CSc2nnc(C3CC3)o2)cc1. The predicted octanol–water partition coefficient (Wildman–Crippen LogP) is 5.58. The minimum Gasteiger partial charge on any atom is -0.497 e. The Balaban J connectivity index is 1.26. The molecule has 1 saturated carbocycles. The number of carbonyl (C=O) groups excluding carboxylic acids is 1. The van der Waals surface area contributed by atoms with Crippen molar-refractivity contribution in [2.45, 2.75) is 36.4 Å². The third kappa shape index (κ3) is 4.53. The first-order valence-corrected chi connectivity index (χ1v) is 12.7. The number of nitrogens with zero attached hydrogens (tertiary/aromatic N) is 4. The molecule has 1 aliphatic heterocycles. The van der Waals surface area contributed by atoms with Crippen molar-refractivity contribution in [3.63, 3.8) is 0 Å². The van der Waals surface area contributed by atoms with Gasteiger partial charge in [-0.3, -0.25) is 4.79 Å². The molecule has 0 bridgehead atoms. The number of rotatable bonds is 7. The van der Waals surface area contributed by atoms with Gasteiger partial charge in [0.2, 0.25) is 5.89 Å². The van der Waals surface area contributed by atoms with E-state index in [0.29, 0.717) is 23.5 Å². The molecule has 2 aliphatic rings. The van der Waals surface area contributed by atoms with Crippen molar-refractivity contribution in [3.8, 4) is 5.75 Å². The monoisotopic (exact) mass is 484 g/mol. The number of methoxy groups -OCH3 is 1. The zero-order chi connectivity index (χ0) is 23.8. The van der Waals surface area contributed by atoms with Crippen molar-refractivity contribution >= 4 is 34.2 Å². The molecule has 2 heterocycles. The second-order valence-corrected chi connectivity index (χ2v) is 9.74. The van der Waals surface area contributed by atoms with E-state index in [1.807, 2.05) is 36.4 Å². The fourth-order valence-electron chi connectivity index (χ4n) is 4.33. The van der Waals surface area contributed by atoms with Crippen molar-refractivity contribution in [3.05, 3.63) is 83.7 Å². The van der Waals surface area contributed by atoms with Crippen LogP contribution in [0.25, 0.3) is 10.8 Å². The second kappa shape index (κ2) is 9.19. The van der Waals surface area contributed by atoms with Crippen LogP contribution >= 0.6 is 11.8 Å². The van der Waals surface area contributed by atoms with Crippen molar-refractivity contribution in [2.75, 3.05) is 12.9 Å². The molecule has 4 aromatic rings. The number of thioether (sulfide) groups is 1. The van der Waals surface area contributed by atoms with E-state index in [0.717, 1.165) is 40.8 Å². The molecule has 0 saturated heterocycles. The molecular formula is C27H24N4O3S. The van der Waals surface area contributed by atoms with E-state index in [9.17, 15) is 4.79 Å². The average molecular weight is 485 g/mol. The Kier molecular flexibility index (Phi) is 5.74. The molecule has 1 aliphatic carbocycles. The van der Waals surface area contributed by atoms with Crippen LogP contribution < -0.4 is 4.74 Å². The summed E-state index contributed by atoms with van der Waals surface area (Å²) in [7, 11) is 1.64. The summed E-state index contributed by atoms with van der Waals surface area (Å²) in [5.74, 6) is 1.91. The summed E-state index contributed by atoms with van der Waals surface area (Å²) in [5.41, 5.74) is 2.93. The van der Waals surface area contributed by atoms with E-state index < -0.39 is 0 Å². The number of carbonyl (C=O) groups is 1. The van der Waals surface area contributed by atoms with Crippen molar-refractivity contribution in [1.82, 2.24) is 15.2 Å². The molecule has 1 fully saturated rings. The highest BCUT2D eigenvalue weighted by Gasteiger charge is 2.34. The first kappa shape index (κ1) is 21.9. The van der Waals surface area contributed by atoms with Crippen LogP contribution in [-0.2, 0) is 4.79 Å². The second-order valence-electron chi connectivity index (χ2n) is 8.81. The van der Waals surface area contributed by atoms with Gasteiger partial charge in [-0.2, -0.15) is 5.10 Å². The van der Waals surface area contributed by atoms with Crippen molar-refractivity contribution < 1.29 is 13.9 Å². The molecule has 1 atom stereocenters. The van der Waals surface area contributed by atoms with Gasteiger partial charge in [0, 0.05) is 12.3 Å². The Bertz CT molecular complexity index is 1410. The Morgan fingerprint density at radius 3 is 2.63 bits per heavy atom. The largest absolute Gasteiger partial charge is 0.497 e. The summed E-state index contributed by atoms with van der Waals surface area (Å²) in [6.07, 6.45) is 2.82. The number of amides is 1. The summed E-state index contributed by atoms with van der Waals surface area (Å²) in [5, 5.41) is 17.4. The van der Waals surface area contributed by atoms with Crippen LogP contribution in [0.5, 0.6) is 5.75 Å². The predicted molar refractivity (Wildman–Crippen MR) is 135 cm³/mol. The van der Waals surface area contributed by atoms with Crippen LogP contribution in [0, 0.1) is 0 Å². The van der Waals surface area contributed by atoms with E-state index >= 15 is 0 Å². The van der Waals surface area contributed by atoms with Gasteiger partial charge < -0.3 is 9.15 Å². The number of benzene rings is 3. The first-order valence-electron chi connectivity index (χ1n) is 11.7. The maximum Gasteiger partial charge on any atom is 0.277 e. The van der Waals surface area contributed by atoms with Crippen molar-refractivity contribution in [1.29, 1.82) is 0 Å². The van der Waals surface area contributed by atoms with Crippen molar-refractivity contribution in [2.24, 2.45) is 5.10 Å². The van der Waals surface area contributed by atoms with E-state index in [2.05, 4.69) is 40.5 Å². The number of aromatic nitrogens is 2. The maximum atomic E-state index is 13.4. The van der Waals surface area contributed by atoms with E-state index in [-0.39, 0.29) is 17.7 Å². The zero-order valence-electron chi connectivity index (χ0n) is 19.3. The zero-order valence-corrected chi connectivity index (χ0v) is 20.1. The topological polar surface area (TPSA) is 80.8 Å². The number of fused-ring (bicyclic) bond motifs is 1. The van der Waals surface area contributed by atoms with Crippen LogP contribution in [0.2, 0.25) is 0 Å². The third-order valence-electron chi connectivity index (χ3n) is 6.42. The number of hydrazone groups is 1. The molecule has 0 unspecified atom stereocenters. The molecule has 176 valence electrons. The van der Waals surface area contributed by atoms with E-state index in [4.69, 9.17) is 14.3 Å². The van der Waals surface area contributed by atoms with Gasteiger partial charge in [-0.15, -0.1) is 10.2 Å². The molecular weight excluding hydrogens is 460 g/mol. The Morgan fingerprint density at radius 2 is 1.86 bits per heavy atom. The molecule has 8 heteroatoms. The molecule has 7 nitrogen and oxygen atoms in total. The van der Waals surface area contributed by atoms with E-state index in [1.54, 1.807) is 12.1 Å². The lowest BCUT2D eigenvalue weighted by atomic mass is 9.97. The molecule has 0 spiro atoms. The summed E-state index contributed by atoms with van der Waals surface area (Å²) in [4.78, 5) is 13.4. The van der Waals surface area contributed by atoms with Gasteiger partial charge in [-0.25, -0.2) is 5.01 Å². The Morgan fingerprint density at radius 1 is 1.06 bits per heavy atom. The van der Waals surface area contributed by atoms with Crippen LogP contribution in [0.15, 0.2) is 81.5 Å². The highest BCUT2D eigenvalue weighted by Crippen LogP contribution is 2.40. The average Bonchev–Trinajstić information content (AvgIpc) is 3.48. The molecule has 3 aromatic carbocycles. The fraction of sp³-hybridized carbons (Fsp3) is 0.259. The smallest absolute Gasteiger partial charge is 0.277 e.